The number of hydrogen-bond donors (Lipinski definition) is 0. The molecule has 0 unspecified atom stereocenters. The first kappa shape index (κ1) is 25.2. The third kappa shape index (κ3) is 4.90. The second-order valence-electron chi connectivity index (χ2n) is 10.3. The number of ether oxygens (including phenoxy) is 2. The molecule has 0 atom stereocenters. The summed E-state index contributed by atoms with van der Waals surface area (Å²) in [7, 11) is 0. The third-order valence-corrected chi connectivity index (χ3v) is 8.69. The van der Waals surface area contributed by atoms with E-state index in [1.165, 1.54) is 19.3 Å². The summed E-state index contributed by atoms with van der Waals surface area (Å²) < 4.78 is 11.2. The van der Waals surface area contributed by atoms with Crippen LogP contribution in [0.4, 0.5) is 0 Å². The summed E-state index contributed by atoms with van der Waals surface area (Å²) in [6.45, 7) is 8.06. The van der Waals surface area contributed by atoms with Gasteiger partial charge in [-0.2, -0.15) is 0 Å². The fraction of sp³-hybridized carbons (Fsp3) is 0.714. The number of nitrogens with zero attached hydrogens (tertiary/aromatic N) is 2. The van der Waals surface area contributed by atoms with Crippen molar-refractivity contribution in [3.8, 4) is 0 Å². The number of carbonyl (C=O) groups excluding carboxylic acids is 2. The largest absolute Gasteiger partial charge is 0.466 e. The van der Waals surface area contributed by atoms with Crippen LogP contribution in [-0.2, 0) is 24.5 Å². The van der Waals surface area contributed by atoms with Gasteiger partial charge in [-0.05, 0) is 63.9 Å². The van der Waals surface area contributed by atoms with Gasteiger partial charge in [0.2, 0.25) is 0 Å². The maximum absolute atomic E-state index is 13.2. The number of hydrogen-bond acceptors (Lipinski definition) is 6. The van der Waals surface area contributed by atoms with Gasteiger partial charge in [-0.15, -0.1) is 0 Å². The molecule has 6 heteroatoms. The molecule has 2 saturated heterocycles. The smallest absolute Gasteiger partial charge is 0.316 e. The monoisotopic (exact) mass is 470 g/mol. The Morgan fingerprint density at radius 3 is 1.88 bits per heavy atom. The van der Waals surface area contributed by atoms with E-state index in [0.717, 1.165) is 70.3 Å². The SMILES string of the molecule is CCOC(=O)C1(c2ccccc2)CCN(N2CCC(C(=O)OCC)(C3CCCCC3)CC2)CC1. The molecule has 1 saturated carbocycles. The zero-order valence-corrected chi connectivity index (χ0v) is 21.1. The second-order valence-corrected chi connectivity index (χ2v) is 10.3. The molecule has 188 valence electrons. The Kier molecular flexibility index (Phi) is 8.30. The highest BCUT2D eigenvalue weighted by atomic mass is 16.5. The van der Waals surface area contributed by atoms with Gasteiger partial charge in [0.25, 0.3) is 0 Å². The lowest BCUT2D eigenvalue weighted by atomic mass is 9.64. The van der Waals surface area contributed by atoms with Crippen molar-refractivity contribution in [1.29, 1.82) is 0 Å². The van der Waals surface area contributed by atoms with Crippen LogP contribution in [0.2, 0.25) is 0 Å². The van der Waals surface area contributed by atoms with Crippen LogP contribution in [-0.4, -0.2) is 61.3 Å². The first-order valence-electron chi connectivity index (χ1n) is 13.5. The molecule has 0 bridgehead atoms. The number of benzene rings is 1. The van der Waals surface area contributed by atoms with Crippen molar-refractivity contribution in [2.75, 3.05) is 39.4 Å². The normalized spacial score (nSPS) is 23.8. The molecule has 3 aliphatic rings. The first-order chi connectivity index (χ1) is 16.6. The maximum Gasteiger partial charge on any atom is 0.316 e. The van der Waals surface area contributed by atoms with E-state index in [-0.39, 0.29) is 17.4 Å². The molecule has 2 heterocycles. The van der Waals surface area contributed by atoms with Crippen molar-refractivity contribution >= 4 is 11.9 Å². The van der Waals surface area contributed by atoms with E-state index in [2.05, 4.69) is 22.2 Å². The number of piperidine rings is 2. The Hall–Kier alpha value is -1.92. The number of rotatable bonds is 7. The van der Waals surface area contributed by atoms with Gasteiger partial charge in [0.05, 0.1) is 24.0 Å². The van der Waals surface area contributed by atoms with Crippen LogP contribution in [0.3, 0.4) is 0 Å². The van der Waals surface area contributed by atoms with Crippen LogP contribution >= 0.6 is 0 Å². The van der Waals surface area contributed by atoms with Crippen LogP contribution in [0, 0.1) is 11.3 Å². The van der Waals surface area contributed by atoms with Gasteiger partial charge < -0.3 is 9.47 Å². The van der Waals surface area contributed by atoms with Crippen molar-refractivity contribution in [3.63, 3.8) is 0 Å². The van der Waals surface area contributed by atoms with Gasteiger partial charge in [-0.25, -0.2) is 10.0 Å². The average molecular weight is 471 g/mol. The summed E-state index contributed by atoms with van der Waals surface area (Å²) in [6, 6.07) is 10.1. The van der Waals surface area contributed by atoms with E-state index in [9.17, 15) is 9.59 Å². The highest BCUT2D eigenvalue weighted by Crippen LogP contribution is 2.47. The van der Waals surface area contributed by atoms with Crippen molar-refractivity contribution in [2.45, 2.75) is 77.0 Å². The van der Waals surface area contributed by atoms with Crippen LogP contribution in [0.1, 0.15) is 77.2 Å². The van der Waals surface area contributed by atoms with E-state index in [4.69, 9.17) is 9.47 Å². The van der Waals surface area contributed by atoms with Gasteiger partial charge in [0.15, 0.2) is 0 Å². The van der Waals surface area contributed by atoms with Crippen molar-refractivity contribution < 1.29 is 19.1 Å². The number of carbonyl (C=O) groups is 2. The van der Waals surface area contributed by atoms with Crippen molar-refractivity contribution in [3.05, 3.63) is 35.9 Å². The Balaban J connectivity index is 1.43. The highest BCUT2D eigenvalue weighted by molar-refractivity contribution is 5.83. The second kappa shape index (κ2) is 11.2. The summed E-state index contributed by atoms with van der Waals surface area (Å²) in [5, 5.41) is 4.84. The van der Waals surface area contributed by atoms with Gasteiger partial charge >= 0.3 is 11.9 Å². The Morgan fingerprint density at radius 2 is 1.32 bits per heavy atom. The molecule has 3 fully saturated rings. The molecule has 1 aliphatic carbocycles. The molecule has 1 aromatic rings. The number of hydrazine groups is 1. The van der Waals surface area contributed by atoms with Gasteiger partial charge in [0, 0.05) is 26.2 Å². The molecule has 0 spiro atoms. The van der Waals surface area contributed by atoms with Gasteiger partial charge in [0.1, 0.15) is 0 Å². The van der Waals surface area contributed by atoms with E-state index in [1.807, 2.05) is 32.0 Å². The molecule has 0 amide bonds. The maximum atomic E-state index is 13.2. The number of esters is 2. The quantitative estimate of drug-likeness (QED) is 0.537. The highest BCUT2D eigenvalue weighted by Gasteiger charge is 2.50. The van der Waals surface area contributed by atoms with Crippen LogP contribution in [0.15, 0.2) is 30.3 Å². The Bertz CT molecular complexity index is 805. The summed E-state index contributed by atoms with van der Waals surface area (Å²) in [5.41, 5.74) is 0.173. The minimum atomic E-state index is -0.569. The molecule has 2 aliphatic heterocycles. The van der Waals surface area contributed by atoms with Crippen LogP contribution < -0.4 is 0 Å². The Morgan fingerprint density at radius 1 is 0.794 bits per heavy atom. The van der Waals surface area contributed by atoms with Crippen molar-refractivity contribution in [1.82, 2.24) is 10.0 Å². The molecular formula is C28H42N2O4. The third-order valence-electron chi connectivity index (χ3n) is 8.69. The molecule has 1 aromatic carbocycles. The van der Waals surface area contributed by atoms with Crippen LogP contribution in [0.25, 0.3) is 0 Å². The fourth-order valence-electron chi connectivity index (χ4n) is 6.68. The fourth-order valence-corrected chi connectivity index (χ4v) is 6.68. The van der Waals surface area contributed by atoms with E-state index in [0.29, 0.717) is 19.1 Å². The predicted molar refractivity (Wildman–Crippen MR) is 132 cm³/mol. The first-order valence-corrected chi connectivity index (χ1v) is 13.5. The Labute approximate surface area is 204 Å². The van der Waals surface area contributed by atoms with E-state index in [1.54, 1.807) is 0 Å². The van der Waals surface area contributed by atoms with Gasteiger partial charge in [-0.3, -0.25) is 9.59 Å². The van der Waals surface area contributed by atoms with E-state index >= 15 is 0 Å². The average Bonchev–Trinajstić information content (AvgIpc) is 2.90. The lowest BCUT2D eigenvalue weighted by molar-refractivity contribution is -0.172. The molecule has 0 radical (unpaired) electrons. The predicted octanol–water partition coefficient (Wildman–Crippen LogP) is 4.72. The van der Waals surface area contributed by atoms with Crippen LogP contribution in [0.5, 0.6) is 0 Å². The standard InChI is InChI=1S/C28H42N2O4/c1-3-33-25(31)27(23-11-7-5-8-12-23)15-19-29(20-16-27)30-21-17-28(18-22-30,26(32)34-4-2)24-13-9-6-10-14-24/h5,7-8,11-12,24H,3-4,6,9-10,13-22H2,1-2H3. The lowest BCUT2D eigenvalue weighted by Crippen LogP contribution is -2.58. The molecule has 0 aromatic heterocycles. The minimum Gasteiger partial charge on any atom is -0.466 e. The summed E-state index contributed by atoms with van der Waals surface area (Å²) >= 11 is 0. The summed E-state index contributed by atoms with van der Waals surface area (Å²) in [4.78, 5) is 26.3. The molecule has 0 N–H and O–H groups in total. The minimum absolute atomic E-state index is 0.0330. The molecule has 4 rings (SSSR count). The zero-order chi connectivity index (χ0) is 24.0. The molecular weight excluding hydrogens is 428 g/mol. The van der Waals surface area contributed by atoms with E-state index < -0.39 is 5.41 Å². The van der Waals surface area contributed by atoms with Gasteiger partial charge in [-0.1, -0.05) is 49.6 Å². The zero-order valence-electron chi connectivity index (χ0n) is 21.1. The summed E-state index contributed by atoms with van der Waals surface area (Å²) in [6.07, 6.45) is 9.30. The molecule has 34 heavy (non-hydrogen) atoms. The topological polar surface area (TPSA) is 59.1 Å². The summed E-state index contributed by atoms with van der Waals surface area (Å²) in [5.74, 6) is 0.391. The molecule has 6 nitrogen and oxygen atoms in total. The van der Waals surface area contributed by atoms with Crippen molar-refractivity contribution in [2.24, 2.45) is 11.3 Å². The lowest BCUT2D eigenvalue weighted by Gasteiger charge is -2.50.